The highest BCUT2D eigenvalue weighted by molar-refractivity contribution is 8.11. The minimum absolute atomic E-state index is 0.240. The number of hydrogen-bond donors (Lipinski definition) is 3. The lowest BCUT2D eigenvalue weighted by Crippen LogP contribution is -2.42. The van der Waals surface area contributed by atoms with Crippen LogP contribution < -0.4 is 16.1 Å². The summed E-state index contributed by atoms with van der Waals surface area (Å²) in [5, 5.41) is 3.30. The lowest BCUT2D eigenvalue weighted by molar-refractivity contribution is 0.388. The first-order valence-corrected chi connectivity index (χ1v) is 7.40. The molecule has 2 saturated carbocycles. The van der Waals surface area contributed by atoms with Gasteiger partial charge in [-0.25, -0.2) is 0 Å². The first-order chi connectivity index (χ1) is 5.49. The van der Waals surface area contributed by atoms with E-state index in [1.807, 2.05) is 0 Å². The Balaban J connectivity index is 2.08. The molecule has 5 heteroatoms. The van der Waals surface area contributed by atoms with Gasteiger partial charge in [0.25, 0.3) is 0 Å². The molecule has 0 amide bonds. The van der Waals surface area contributed by atoms with Gasteiger partial charge >= 0.3 is 0 Å². The maximum Gasteiger partial charge on any atom is 0.132 e. The Kier molecular flexibility index (Phi) is 2.09. The predicted molar refractivity (Wildman–Crippen MR) is 55.1 cm³/mol. The number of nitrogens with one attached hydrogen (secondary N) is 1. The van der Waals surface area contributed by atoms with Gasteiger partial charge < -0.3 is 0 Å². The van der Waals surface area contributed by atoms with Gasteiger partial charge in [0.15, 0.2) is 0 Å². The summed E-state index contributed by atoms with van der Waals surface area (Å²) in [6.07, 6.45) is 6.37. The van der Waals surface area contributed by atoms with Crippen LogP contribution in [0.1, 0.15) is 32.1 Å². The molecule has 2 rings (SSSR count). The summed E-state index contributed by atoms with van der Waals surface area (Å²) < 4.78 is 0. The smallest absolute Gasteiger partial charge is 0.132 e. The second-order valence-corrected chi connectivity index (χ2v) is 7.70. The molecule has 0 aliphatic heterocycles. The van der Waals surface area contributed by atoms with Gasteiger partial charge in [-0.1, -0.05) is 0 Å². The lowest BCUT2D eigenvalue weighted by Gasteiger charge is -2.31. The molecule has 2 fully saturated rings. The van der Waals surface area contributed by atoms with Gasteiger partial charge in [-0.05, 0) is 49.8 Å². The van der Waals surface area contributed by atoms with Crippen molar-refractivity contribution in [2.45, 2.75) is 37.6 Å². The molecule has 0 aromatic rings. The third kappa shape index (κ3) is 1.73. The summed E-state index contributed by atoms with van der Waals surface area (Å²) in [5.41, 5.74) is 11.6. The van der Waals surface area contributed by atoms with E-state index in [4.69, 9.17) is 22.8 Å². The van der Waals surface area contributed by atoms with E-state index in [-0.39, 0.29) is 5.54 Å². The van der Waals surface area contributed by atoms with Gasteiger partial charge in [0.05, 0.1) is 0 Å². The van der Waals surface area contributed by atoms with Crippen molar-refractivity contribution in [1.29, 1.82) is 0 Å². The average molecular weight is 205 g/mol. The van der Waals surface area contributed by atoms with Crippen LogP contribution in [-0.2, 0) is 11.8 Å². The molecule has 0 aromatic heterocycles. The van der Waals surface area contributed by atoms with E-state index < -0.39 is 6.49 Å². The van der Waals surface area contributed by atoms with Crippen LogP contribution in [0.2, 0.25) is 0 Å². The highest BCUT2D eigenvalue weighted by atomic mass is 32.4. The Morgan fingerprint density at radius 1 is 1.33 bits per heavy atom. The SMILES string of the molecule is NP(N)(=S)NC12CCC(CC1)C2. The topological polar surface area (TPSA) is 64.1 Å². The molecule has 0 unspecified atom stereocenters. The molecule has 0 aromatic carbocycles. The van der Waals surface area contributed by atoms with E-state index in [2.05, 4.69) is 5.09 Å². The average Bonchev–Trinajstić information content (AvgIpc) is 2.40. The monoisotopic (exact) mass is 205 g/mol. The van der Waals surface area contributed by atoms with Crippen molar-refractivity contribution < 1.29 is 0 Å². The van der Waals surface area contributed by atoms with Gasteiger partial charge in [0, 0.05) is 5.54 Å². The third-order valence-electron chi connectivity index (χ3n) is 3.15. The van der Waals surface area contributed by atoms with Gasteiger partial charge in [-0.2, -0.15) is 0 Å². The first kappa shape index (κ1) is 9.10. The second-order valence-electron chi connectivity index (χ2n) is 4.25. The Morgan fingerprint density at radius 2 is 1.92 bits per heavy atom. The summed E-state index contributed by atoms with van der Waals surface area (Å²) in [6, 6.07) is 0. The predicted octanol–water partition coefficient (Wildman–Crippen LogP) is 1.05. The molecule has 12 heavy (non-hydrogen) atoms. The third-order valence-corrected chi connectivity index (χ3v) is 4.25. The largest absolute Gasteiger partial charge is 0.280 e. The molecule has 5 N–H and O–H groups in total. The Hall–Kier alpha value is 0.530. The summed E-state index contributed by atoms with van der Waals surface area (Å²) in [5.74, 6) is 0.916. The Morgan fingerprint density at radius 3 is 2.25 bits per heavy atom. The first-order valence-electron chi connectivity index (χ1n) is 4.46. The molecule has 2 aliphatic rings. The van der Waals surface area contributed by atoms with Crippen molar-refractivity contribution in [3.8, 4) is 0 Å². The number of rotatable bonds is 2. The second kappa shape index (κ2) is 2.76. The molecule has 70 valence electrons. The number of hydrogen-bond acceptors (Lipinski definition) is 1. The van der Waals surface area contributed by atoms with Crippen LogP contribution in [0.5, 0.6) is 0 Å². The number of nitrogens with two attached hydrogens (primary N) is 2. The molecule has 2 aliphatic carbocycles. The van der Waals surface area contributed by atoms with Crippen molar-refractivity contribution in [3.05, 3.63) is 0 Å². The van der Waals surface area contributed by atoms with Crippen LogP contribution in [-0.4, -0.2) is 5.54 Å². The van der Waals surface area contributed by atoms with Gasteiger partial charge in [-0.15, -0.1) is 0 Å². The molecule has 0 heterocycles. The van der Waals surface area contributed by atoms with Crippen LogP contribution in [0.25, 0.3) is 0 Å². The Labute approximate surface area is 78.4 Å². The zero-order chi connectivity index (χ0) is 8.82. The molecule has 0 atom stereocenters. The van der Waals surface area contributed by atoms with Crippen molar-refractivity contribution in [3.63, 3.8) is 0 Å². The lowest BCUT2D eigenvalue weighted by atomic mass is 9.95. The van der Waals surface area contributed by atoms with Gasteiger partial charge in [0.1, 0.15) is 6.49 Å². The summed E-state index contributed by atoms with van der Waals surface area (Å²) in [6.45, 7) is -2.19. The van der Waals surface area contributed by atoms with Crippen LogP contribution in [0, 0.1) is 5.92 Å². The summed E-state index contributed by atoms with van der Waals surface area (Å²) in [7, 11) is 0. The minimum atomic E-state index is -2.19. The van der Waals surface area contributed by atoms with Crippen LogP contribution in [0.4, 0.5) is 0 Å². The van der Waals surface area contributed by atoms with E-state index in [1.165, 1.54) is 32.1 Å². The van der Waals surface area contributed by atoms with Crippen molar-refractivity contribution in [1.82, 2.24) is 5.09 Å². The zero-order valence-electron chi connectivity index (χ0n) is 7.12. The maximum absolute atomic E-state index is 5.69. The van der Waals surface area contributed by atoms with Crippen molar-refractivity contribution in [2.75, 3.05) is 0 Å². The fraction of sp³-hybridized carbons (Fsp3) is 1.00. The van der Waals surface area contributed by atoms with E-state index in [0.717, 1.165) is 5.92 Å². The zero-order valence-corrected chi connectivity index (χ0v) is 8.83. The van der Waals surface area contributed by atoms with E-state index in [9.17, 15) is 0 Å². The van der Waals surface area contributed by atoms with Gasteiger partial charge in [0.2, 0.25) is 0 Å². The molecular weight excluding hydrogens is 189 g/mol. The van der Waals surface area contributed by atoms with Crippen molar-refractivity contribution in [2.24, 2.45) is 16.9 Å². The fourth-order valence-corrected chi connectivity index (χ4v) is 4.36. The highest BCUT2D eigenvalue weighted by Gasteiger charge is 2.45. The van der Waals surface area contributed by atoms with E-state index >= 15 is 0 Å². The maximum atomic E-state index is 5.69. The number of fused-ring (bicyclic) bond motifs is 2. The molecule has 0 spiro atoms. The molecule has 2 bridgehead atoms. The molecular formula is C7H16N3PS. The molecule has 0 saturated heterocycles. The van der Waals surface area contributed by atoms with Crippen LogP contribution in [0.3, 0.4) is 0 Å². The van der Waals surface area contributed by atoms with Crippen LogP contribution in [0.15, 0.2) is 0 Å². The highest BCUT2D eigenvalue weighted by Crippen LogP contribution is 2.50. The molecule has 3 nitrogen and oxygen atoms in total. The van der Waals surface area contributed by atoms with Gasteiger partial charge in [-0.3, -0.25) is 16.1 Å². The van der Waals surface area contributed by atoms with E-state index in [0.29, 0.717) is 0 Å². The summed E-state index contributed by atoms with van der Waals surface area (Å²) in [4.78, 5) is 0. The van der Waals surface area contributed by atoms with Crippen LogP contribution >= 0.6 is 6.49 Å². The van der Waals surface area contributed by atoms with Crippen molar-refractivity contribution >= 4 is 18.3 Å². The quantitative estimate of drug-likeness (QED) is 0.590. The fourth-order valence-electron chi connectivity index (χ4n) is 2.72. The Bertz CT molecular complexity index is 229. The van der Waals surface area contributed by atoms with E-state index in [1.54, 1.807) is 0 Å². The summed E-state index contributed by atoms with van der Waals surface area (Å²) >= 11 is 5.03. The minimum Gasteiger partial charge on any atom is -0.280 e. The normalized spacial score (nSPS) is 40.7. The molecule has 0 radical (unpaired) electrons. The standard InChI is InChI=1S/C7H16N3PS/c8-11(9,12)10-7-3-1-6(5-7)2-4-7/h6H,1-5H2,(H5,8,9,10,12).